The minimum absolute atomic E-state index is 0.109. The first-order chi connectivity index (χ1) is 8.90. The summed E-state index contributed by atoms with van der Waals surface area (Å²) < 4.78 is 13.7. The van der Waals surface area contributed by atoms with Gasteiger partial charge in [0.05, 0.1) is 4.47 Å². The van der Waals surface area contributed by atoms with Crippen LogP contribution in [0.4, 0.5) is 4.39 Å². The second kappa shape index (κ2) is 7.63. The maximum atomic E-state index is 13.3. The van der Waals surface area contributed by atoms with E-state index in [1.165, 1.54) is 6.07 Å². The summed E-state index contributed by atoms with van der Waals surface area (Å²) in [5.41, 5.74) is 0.358. The van der Waals surface area contributed by atoms with Crippen molar-refractivity contribution in [3.8, 4) is 0 Å². The van der Waals surface area contributed by atoms with Crippen LogP contribution in [-0.4, -0.2) is 11.9 Å². The number of hydrogen-bond acceptors (Lipinski definition) is 1. The van der Waals surface area contributed by atoms with Crippen molar-refractivity contribution < 1.29 is 9.18 Å². The molecule has 4 heteroatoms. The Kier molecular flexibility index (Phi) is 6.49. The van der Waals surface area contributed by atoms with Gasteiger partial charge in [-0.2, -0.15) is 0 Å². The summed E-state index contributed by atoms with van der Waals surface area (Å²) in [7, 11) is 0. The molecule has 1 aromatic carbocycles. The van der Waals surface area contributed by atoms with Crippen LogP contribution >= 0.6 is 15.9 Å². The van der Waals surface area contributed by atoms with Gasteiger partial charge in [0.1, 0.15) is 5.82 Å². The first-order valence-corrected chi connectivity index (χ1v) is 7.45. The first kappa shape index (κ1) is 16.2. The molecule has 0 aliphatic heterocycles. The third-order valence-corrected chi connectivity index (χ3v) is 3.62. The number of carbonyl (C=O) groups is 1. The summed E-state index contributed by atoms with van der Waals surface area (Å²) in [6.45, 7) is 6.36. The number of nitrogens with one attached hydrogen (secondary N) is 1. The lowest BCUT2D eigenvalue weighted by molar-refractivity contribution is 0.0937. The zero-order chi connectivity index (χ0) is 14.4. The fourth-order valence-electron chi connectivity index (χ4n) is 1.85. The van der Waals surface area contributed by atoms with Crippen molar-refractivity contribution in [2.24, 2.45) is 5.92 Å². The highest BCUT2D eigenvalue weighted by Gasteiger charge is 2.11. The topological polar surface area (TPSA) is 29.1 Å². The number of carbonyl (C=O) groups excluding carboxylic acids is 1. The Hall–Kier alpha value is -0.900. The van der Waals surface area contributed by atoms with Gasteiger partial charge in [-0.25, -0.2) is 4.39 Å². The second-order valence-corrected chi connectivity index (χ2v) is 6.18. The summed E-state index contributed by atoms with van der Waals surface area (Å²) >= 11 is 3.07. The second-order valence-electron chi connectivity index (χ2n) is 5.33. The van der Waals surface area contributed by atoms with Gasteiger partial charge in [0.15, 0.2) is 0 Å². The van der Waals surface area contributed by atoms with E-state index in [0.29, 0.717) is 16.0 Å². The molecule has 1 rings (SSSR count). The van der Waals surface area contributed by atoms with Gasteiger partial charge in [-0.1, -0.05) is 26.7 Å². The van der Waals surface area contributed by atoms with Gasteiger partial charge < -0.3 is 5.32 Å². The van der Waals surface area contributed by atoms with E-state index in [1.807, 2.05) is 6.92 Å². The van der Waals surface area contributed by atoms with Crippen LogP contribution in [0.2, 0.25) is 0 Å². The Morgan fingerprint density at radius 2 is 2.00 bits per heavy atom. The minimum Gasteiger partial charge on any atom is -0.350 e. The third-order valence-electron chi connectivity index (χ3n) is 2.98. The molecular formula is C15H21BrFNO. The lowest BCUT2D eigenvalue weighted by atomic mass is 10.0. The predicted octanol–water partition coefficient (Wildman–Crippen LogP) is 4.53. The van der Waals surface area contributed by atoms with Crippen molar-refractivity contribution in [2.75, 3.05) is 0 Å². The molecule has 0 fully saturated rings. The molecular weight excluding hydrogens is 309 g/mol. The van der Waals surface area contributed by atoms with Crippen molar-refractivity contribution in [3.63, 3.8) is 0 Å². The quantitative estimate of drug-likeness (QED) is 0.816. The fraction of sp³-hybridized carbons (Fsp3) is 0.533. The predicted molar refractivity (Wildman–Crippen MR) is 79.7 cm³/mol. The Morgan fingerprint density at radius 1 is 1.32 bits per heavy atom. The molecule has 1 aromatic rings. The van der Waals surface area contributed by atoms with E-state index in [4.69, 9.17) is 0 Å². The number of benzene rings is 1. The Morgan fingerprint density at radius 3 is 2.58 bits per heavy atom. The van der Waals surface area contributed by atoms with Gasteiger partial charge >= 0.3 is 0 Å². The van der Waals surface area contributed by atoms with Crippen LogP contribution in [0.15, 0.2) is 22.7 Å². The molecule has 1 unspecified atom stereocenters. The van der Waals surface area contributed by atoms with E-state index >= 15 is 0 Å². The third kappa shape index (κ3) is 5.72. The zero-order valence-corrected chi connectivity index (χ0v) is 13.3. The zero-order valence-electron chi connectivity index (χ0n) is 11.7. The van der Waals surface area contributed by atoms with Gasteiger partial charge in [-0.15, -0.1) is 0 Å². The number of amides is 1. The molecule has 2 nitrogen and oxygen atoms in total. The van der Waals surface area contributed by atoms with Crippen LogP contribution in [-0.2, 0) is 0 Å². The van der Waals surface area contributed by atoms with E-state index in [9.17, 15) is 9.18 Å². The molecule has 1 amide bonds. The fourth-order valence-corrected chi connectivity index (χ4v) is 2.10. The van der Waals surface area contributed by atoms with Gasteiger partial charge in [0.2, 0.25) is 0 Å². The van der Waals surface area contributed by atoms with Gasteiger partial charge in [-0.05, 0) is 53.4 Å². The van der Waals surface area contributed by atoms with Gasteiger partial charge in [0, 0.05) is 11.6 Å². The highest BCUT2D eigenvalue weighted by molar-refractivity contribution is 9.10. The number of halogens is 2. The smallest absolute Gasteiger partial charge is 0.251 e. The maximum Gasteiger partial charge on any atom is 0.251 e. The molecule has 0 saturated carbocycles. The van der Waals surface area contributed by atoms with Crippen molar-refractivity contribution in [1.82, 2.24) is 5.32 Å². The lowest BCUT2D eigenvalue weighted by Gasteiger charge is -2.14. The molecule has 19 heavy (non-hydrogen) atoms. The highest BCUT2D eigenvalue weighted by Crippen LogP contribution is 2.16. The monoisotopic (exact) mass is 329 g/mol. The van der Waals surface area contributed by atoms with Crippen LogP contribution < -0.4 is 5.32 Å². The van der Waals surface area contributed by atoms with E-state index in [2.05, 4.69) is 35.1 Å². The molecule has 0 heterocycles. The summed E-state index contributed by atoms with van der Waals surface area (Å²) in [5.74, 6) is 0.0482. The molecule has 0 radical (unpaired) electrons. The molecule has 0 aliphatic carbocycles. The number of hydrogen-bond donors (Lipinski definition) is 1. The first-order valence-electron chi connectivity index (χ1n) is 6.66. The van der Waals surface area contributed by atoms with Gasteiger partial charge in [-0.3, -0.25) is 4.79 Å². The molecule has 0 saturated heterocycles. The van der Waals surface area contributed by atoms with E-state index in [1.54, 1.807) is 12.1 Å². The number of rotatable bonds is 6. The Labute approximate surface area is 122 Å². The van der Waals surface area contributed by atoms with Gasteiger partial charge in [0.25, 0.3) is 5.91 Å². The van der Waals surface area contributed by atoms with E-state index in [0.717, 1.165) is 19.3 Å². The SMILES string of the molecule is CC(C)CCCC(C)NC(=O)c1ccc(Br)c(F)c1. The minimum atomic E-state index is -0.417. The Balaban J connectivity index is 2.47. The summed E-state index contributed by atoms with van der Waals surface area (Å²) in [4.78, 5) is 11.9. The average molecular weight is 330 g/mol. The van der Waals surface area contributed by atoms with Crippen LogP contribution in [0.5, 0.6) is 0 Å². The standard InChI is InChI=1S/C15H21BrFNO/c1-10(2)5-4-6-11(3)18-15(19)12-7-8-13(16)14(17)9-12/h7-11H,4-6H2,1-3H3,(H,18,19). The molecule has 0 spiro atoms. The van der Waals surface area contributed by atoms with Crippen LogP contribution in [0.25, 0.3) is 0 Å². The van der Waals surface area contributed by atoms with Crippen LogP contribution in [0, 0.1) is 11.7 Å². The van der Waals surface area contributed by atoms with Crippen molar-refractivity contribution in [3.05, 3.63) is 34.1 Å². The lowest BCUT2D eigenvalue weighted by Crippen LogP contribution is -2.32. The molecule has 1 atom stereocenters. The molecule has 0 aromatic heterocycles. The molecule has 1 N–H and O–H groups in total. The van der Waals surface area contributed by atoms with Crippen molar-refractivity contribution in [2.45, 2.75) is 46.1 Å². The average Bonchev–Trinajstić information content (AvgIpc) is 2.32. The highest BCUT2D eigenvalue weighted by atomic mass is 79.9. The van der Waals surface area contributed by atoms with Crippen molar-refractivity contribution >= 4 is 21.8 Å². The van der Waals surface area contributed by atoms with Crippen LogP contribution in [0.1, 0.15) is 50.4 Å². The molecule has 0 bridgehead atoms. The summed E-state index contributed by atoms with van der Waals surface area (Å²) in [6.07, 6.45) is 3.20. The van der Waals surface area contributed by atoms with E-state index < -0.39 is 5.82 Å². The Bertz CT molecular complexity index is 434. The van der Waals surface area contributed by atoms with Crippen molar-refractivity contribution in [1.29, 1.82) is 0 Å². The van der Waals surface area contributed by atoms with Crippen LogP contribution in [0.3, 0.4) is 0 Å². The summed E-state index contributed by atoms with van der Waals surface area (Å²) in [6, 6.07) is 4.52. The maximum absolute atomic E-state index is 13.3. The van der Waals surface area contributed by atoms with E-state index in [-0.39, 0.29) is 11.9 Å². The molecule has 0 aliphatic rings. The largest absolute Gasteiger partial charge is 0.350 e. The summed E-state index contributed by atoms with van der Waals surface area (Å²) in [5, 5.41) is 2.90. The normalized spacial score (nSPS) is 12.5. The molecule has 106 valence electrons.